The first kappa shape index (κ1) is 15.3. The van der Waals surface area contributed by atoms with Crippen LogP contribution in [0.1, 0.15) is 11.4 Å². The standard InChI is InChI=1S/C17H17N5O3/c1-9-10(2)22-13-14(19(3)17(25)20(4)15(13)24)18-16(22)21(9)11-5-7-12(23)8-6-11/h5-8,23H,1-4H3. The van der Waals surface area contributed by atoms with Crippen molar-refractivity contribution >= 4 is 16.9 Å². The Morgan fingerprint density at radius 1 is 0.960 bits per heavy atom. The van der Waals surface area contributed by atoms with E-state index in [1.807, 2.05) is 18.4 Å². The lowest BCUT2D eigenvalue weighted by Crippen LogP contribution is -2.37. The van der Waals surface area contributed by atoms with Crippen molar-refractivity contribution in [3.8, 4) is 11.4 Å². The molecule has 0 unspecified atom stereocenters. The molecule has 25 heavy (non-hydrogen) atoms. The van der Waals surface area contributed by atoms with E-state index in [0.29, 0.717) is 16.9 Å². The maximum Gasteiger partial charge on any atom is 0.332 e. The molecule has 1 aromatic carbocycles. The molecule has 0 amide bonds. The summed E-state index contributed by atoms with van der Waals surface area (Å²) in [6, 6.07) is 6.74. The van der Waals surface area contributed by atoms with Crippen molar-refractivity contribution in [2.24, 2.45) is 14.1 Å². The summed E-state index contributed by atoms with van der Waals surface area (Å²) in [5, 5.41) is 9.53. The Bertz CT molecular complexity index is 1270. The second-order valence-corrected chi connectivity index (χ2v) is 6.15. The van der Waals surface area contributed by atoms with Crippen molar-refractivity contribution in [3.05, 3.63) is 56.5 Å². The second-order valence-electron chi connectivity index (χ2n) is 6.15. The Kier molecular flexibility index (Phi) is 2.96. The first-order valence-corrected chi connectivity index (χ1v) is 7.78. The van der Waals surface area contributed by atoms with Crippen molar-refractivity contribution in [2.45, 2.75) is 13.8 Å². The number of aromatic hydroxyl groups is 1. The maximum atomic E-state index is 12.7. The summed E-state index contributed by atoms with van der Waals surface area (Å²) in [7, 11) is 3.06. The number of phenols is 1. The zero-order chi connectivity index (χ0) is 18.0. The van der Waals surface area contributed by atoms with E-state index in [9.17, 15) is 14.7 Å². The van der Waals surface area contributed by atoms with Crippen LogP contribution in [0.3, 0.4) is 0 Å². The fourth-order valence-corrected chi connectivity index (χ4v) is 3.24. The minimum absolute atomic E-state index is 0.172. The highest BCUT2D eigenvalue weighted by molar-refractivity contribution is 5.77. The van der Waals surface area contributed by atoms with Gasteiger partial charge in [0.05, 0.1) is 0 Å². The molecule has 8 nitrogen and oxygen atoms in total. The van der Waals surface area contributed by atoms with Gasteiger partial charge in [0.25, 0.3) is 5.56 Å². The number of aromatic nitrogens is 5. The average Bonchev–Trinajstić information content (AvgIpc) is 3.09. The number of aryl methyl sites for hydroxylation is 2. The lowest BCUT2D eigenvalue weighted by molar-refractivity contribution is 0.475. The molecule has 0 fully saturated rings. The van der Waals surface area contributed by atoms with Crippen molar-refractivity contribution < 1.29 is 5.11 Å². The largest absolute Gasteiger partial charge is 0.508 e. The third kappa shape index (κ3) is 1.84. The monoisotopic (exact) mass is 339 g/mol. The molecular weight excluding hydrogens is 322 g/mol. The molecule has 4 rings (SSSR count). The lowest BCUT2D eigenvalue weighted by Gasteiger charge is -2.06. The average molecular weight is 339 g/mol. The summed E-state index contributed by atoms with van der Waals surface area (Å²) in [5.74, 6) is 0.722. The van der Waals surface area contributed by atoms with Crippen LogP contribution in [0.25, 0.3) is 22.6 Å². The number of hydrogen-bond donors (Lipinski definition) is 1. The third-order valence-electron chi connectivity index (χ3n) is 4.74. The second kappa shape index (κ2) is 4.85. The van der Waals surface area contributed by atoms with Gasteiger partial charge in [0.1, 0.15) is 5.75 Å². The normalized spacial score (nSPS) is 11.7. The van der Waals surface area contributed by atoms with Crippen molar-refractivity contribution in [3.63, 3.8) is 0 Å². The Morgan fingerprint density at radius 2 is 1.60 bits per heavy atom. The van der Waals surface area contributed by atoms with Gasteiger partial charge in [0, 0.05) is 31.2 Å². The summed E-state index contributed by atoms with van der Waals surface area (Å²) >= 11 is 0. The number of rotatable bonds is 1. The summed E-state index contributed by atoms with van der Waals surface area (Å²) in [6.07, 6.45) is 0. The van der Waals surface area contributed by atoms with Gasteiger partial charge < -0.3 is 5.11 Å². The van der Waals surface area contributed by atoms with Crippen LogP contribution in [0.2, 0.25) is 0 Å². The fraction of sp³-hybridized carbons (Fsp3) is 0.235. The number of imidazole rings is 2. The number of nitrogens with zero attached hydrogens (tertiary/aromatic N) is 5. The highest BCUT2D eigenvalue weighted by Crippen LogP contribution is 2.25. The summed E-state index contributed by atoms with van der Waals surface area (Å²) in [4.78, 5) is 29.4. The fourth-order valence-electron chi connectivity index (χ4n) is 3.24. The van der Waals surface area contributed by atoms with E-state index < -0.39 is 5.69 Å². The van der Waals surface area contributed by atoms with E-state index in [1.54, 1.807) is 35.7 Å². The number of phenolic OH excluding ortho intramolecular Hbond substituents is 1. The quantitative estimate of drug-likeness (QED) is 0.560. The number of fused-ring (bicyclic) bond motifs is 3. The molecule has 0 saturated heterocycles. The van der Waals surface area contributed by atoms with E-state index in [4.69, 9.17) is 0 Å². The first-order valence-electron chi connectivity index (χ1n) is 7.78. The zero-order valence-electron chi connectivity index (χ0n) is 14.3. The van der Waals surface area contributed by atoms with Gasteiger partial charge in [0.2, 0.25) is 5.78 Å². The topological polar surface area (TPSA) is 86.5 Å². The summed E-state index contributed by atoms with van der Waals surface area (Å²) < 4.78 is 6.14. The predicted molar refractivity (Wildman–Crippen MR) is 93.6 cm³/mol. The van der Waals surface area contributed by atoms with E-state index in [2.05, 4.69) is 4.98 Å². The van der Waals surface area contributed by atoms with Gasteiger partial charge in [-0.3, -0.25) is 22.9 Å². The van der Waals surface area contributed by atoms with Crippen LogP contribution < -0.4 is 11.2 Å². The van der Waals surface area contributed by atoms with E-state index in [0.717, 1.165) is 21.6 Å². The lowest BCUT2D eigenvalue weighted by atomic mass is 10.3. The van der Waals surface area contributed by atoms with E-state index >= 15 is 0 Å². The molecule has 0 atom stereocenters. The van der Waals surface area contributed by atoms with Crippen LogP contribution in [-0.2, 0) is 14.1 Å². The van der Waals surface area contributed by atoms with Gasteiger partial charge in [0.15, 0.2) is 11.2 Å². The van der Waals surface area contributed by atoms with E-state index in [1.165, 1.54) is 11.6 Å². The van der Waals surface area contributed by atoms with Crippen LogP contribution in [-0.4, -0.2) is 28.2 Å². The van der Waals surface area contributed by atoms with Crippen molar-refractivity contribution in [2.75, 3.05) is 0 Å². The molecule has 0 saturated carbocycles. The van der Waals surface area contributed by atoms with Gasteiger partial charge in [-0.15, -0.1) is 0 Å². The van der Waals surface area contributed by atoms with Gasteiger partial charge in [-0.25, -0.2) is 4.79 Å². The number of benzene rings is 1. The predicted octanol–water partition coefficient (Wildman–Crippen LogP) is 0.998. The minimum Gasteiger partial charge on any atom is -0.508 e. The molecule has 0 spiro atoms. The van der Waals surface area contributed by atoms with Gasteiger partial charge in [-0.2, -0.15) is 4.98 Å². The van der Waals surface area contributed by atoms with E-state index in [-0.39, 0.29) is 11.3 Å². The Morgan fingerprint density at radius 3 is 2.24 bits per heavy atom. The van der Waals surface area contributed by atoms with Crippen molar-refractivity contribution in [1.82, 2.24) is 23.1 Å². The molecule has 3 aromatic heterocycles. The molecule has 3 heterocycles. The molecule has 0 aliphatic carbocycles. The molecule has 8 heteroatoms. The Balaban J connectivity index is 2.24. The molecule has 0 aliphatic rings. The zero-order valence-corrected chi connectivity index (χ0v) is 14.3. The summed E-state index contributed by atoms with van der Waals surface area (Å²) in [5.41, 5.74) is 2.52. The number of hydrogen-bond acceptors (Lipinski definition) is 4. The molecule has 0 radical (unpaired) electrons. The molecule has 1 N–H and O–H groups in total. The SMILES string of the molecule is Cc1c(C)n2c3c(=O)n(C)c(=O)n(C)c3nc2n1-c1ccc(O)cc1. The smallest absolute Gasteiger partial charge is 0.332 e. The molecule has 4 aromatic rings. The van der Waals surface area contributed by atoms with Crippen LogP contribution >= 0.6 is 0 Å². The van der Waals surface area contributed by atoms with Crippen LogP contribution in [0.4, 0.5) is 0 Å². The molecular formula is C17H17N5O3. The summed E-state index contributed by atoms with van der Waals surface area (Å²) in [6.45, 7) is 3.85. The van der Waals surface area contributed by atoms with Crippen LogP contribution in [0, 0.1) is 13.8 Å². The van der Waals surface area contributed by atoms with Crippen LogP contribution in [0.15, 0.2) is 33.9 Å². The van der Waals surface area contributed by atoms with Gasteiger partial charge >= 0.3 is 5.69 Å². The first-order chi connectivity index (χ1) is 11.8. The highest BCUT2D eigenvalue weighted by Gasteiger charge is 2.22. The Hall–Kier alpha value is -3.29. The van der Waals surface area contributed by atoms with Crippen molar-refractivity contribution in [1.29, 1.82) is 0 Å². The molecule has 128 valence electrons. The third-order valence-corrected chi connectivity index (χ3v) is 4.74. The highest BCUT2D eigenvalue weighted by atomic mass is 16.3. The molecule has 0 aliphatic heterocycles. The minimum atomic E-state index is -0.413. The van der Waals surface area contributed by atoms with Gasteiger partial charge in [-0.05, 0) is 38.1 Å². The van der Waals surface area contributed by atoms with Crippen LogP contribution in [0.5, 0.6) is 5.75 Å². The van der Waals surface area contributed by atoms with Gasteiger partial charge in [-0.1, -0.05) is 0 Å². The Labute approximate surface area is 141 Å². The maximum absolute atomic E-state index is 12.7. The molecule has 0 bridgehead atoms.